The molecule has 0 bridgehead atoms. The number of aromatic nitrogens is 2. The highest BCUT2D eigenvalue weighted by molar-refractivity contribution is 5.34. The average Bonchev–Trinajstić information content (AvgIpc) is 2.94. The third-order valence-corrected chi connectivity index (χ3v) is 4.87. The monoisotopic (exact) mass is 284 g/mol. The zero-order valence-electron chi connectivity index (χ0n) is 12.7. The van der Waals surface area contributed by atoms with Crippen molar-refractivity contribution in [2.45, 2.75) is 51.0 Å². The highest BCUT2D eigenvalue weighted by Crippen LogP contribution is 2.39. The summed E-state index contributed by atoms with van der Waals surface area (Å²) in [5, 5.41) is 15.6. The highest BCUT2D eigenvalue weighted by Gasteiger charge is 2.35. The van der Waals surface area contributed by atoms with Gasteiger partial charge < -0.3 is 5.11 Å². The van der Waals surface area contributed by atoms with Crippen LogP contribution < -0.4 is 0 Å². The summed E-state index contributed by atoms with van der Waals surface area (Å²) in [7, 11) is 0. The van der Waals surface area contributed by atoms with E-state index in [1.165, 1.54) is 12.8 Å². The smallest absolute Gasteiger partial charge is 0.107 e. The Kier molecular flexibility index (Phi) is 4.11. The third kappa shape index (κ3) is 2.88. The largest absolute Gasteiger partial charge is 0.384 e. The van der Waals surface area contributed by atoms with Crippen LogP contribution in [0.5, 0.6) is 0 Å². The van der Waals surface area contributed by atoms with E-state index in [0.717, 1.165) is 43.0 Å². The van der Waals surface area contributed by atoms with Gasteiger partial charge in [-0.2, -0.15) is 5.10 Å². The second-order valence-electron chi connectivity index (χ2n) is 6.20. The van der Waals surface area contributed by atoms with Gasteiger partial charge in [0.1, 0.15) is 5.60 Å². The van der Waals surface area contributed by atoms with Crippen LogP contribution in [0.2, 0.25) is 0 Å². The molecule has 0 spiro atoms. The van der Waals surface area contributed by atoms with Crippen LogP contribution in [-0.2, 0) is 5.60 Å². The van der Waals surface area contributed by atoms with E-state index >= 15 is 0 Å². The Morgan fingerprint density at radius 1 is 1.19 bits per heavy atom. The first-order valence-corrected chi connectivity index (χ1v) is 8.05. The van der Waals surface area contributed by atoms with Crippen molar-refractivity contribution < 1.29 is 5.11 Å². The van der Waals surface area contributed by atoms with Gasteiger partial charge in [-0.1, -0.05) is 38.0 Å². The third-order valence-electron chi connectivity index (χ3n) is 4.87. The molecule has 2 atom stereocenters. The van der Waals surface area contributed by atoms with Crippen molar-refractivity contribution in [2.75, 3.05) is 0 Å². The van der Waals surface area contributed by atoms with Crippen molar-refractivity contribution in [3.8, 4) is 5.69 Å². The minimum absolute atomic E-state index is 0.740. The van der Waals surface area contributed by atoms with Crippen molar-refractivity contribution >= 4 is 0 Å². The zero-order valence-corrected chi connectivity index (χ0v) is 12.7. The van der Waals surface area contributed by atoms with Crippen LogP contribution in [0.15, 0.2) is 42.6 Å². The molecule has 112 valence electrons. The predicted molar refractivity (Wildman–Crippen MR) is 84.3 cm³/mol. The Balaban J connectivity index is 1.92. The molecule has 3 nitrogen and oxygen atoms in total. The van der Waals surface area contributed by atoms with E-state index in [-0.39, 0.29) is 0 Å². The van der Waals surface area contributed by atoms with Crippen LogP contribution >= 0.6 is 0 Å². The van der Waals surface area contributed by atoms with Gasteiger partial charge >= 0.3 is 0 Å². The van der Waals surface area contributed by atoms with E-state index in [0.29, 0.717) is 0 Å². The van der Waals surface area contributed by atoms with Gasteiger partial charge in [-0.15, -0.1) is 0 Å². The standard InChI is InChI=1S/C18H24N2O/c1-2-15-7-6-12-18(21,13-10-15)17-11-14-19-20(17)16-8-4-3-5-9-16/h3-5,8-9,11,14-15,21H,2,6-7,10,12-13H2,1H3. The van der Waals surface area contributed by atoms with Crippen LogP contribution in [0.4, 0.5) is 0 Å². The minimum atomic E-state index is -0.740. The number of benzene rings is 1. The quantitative estimate of drug-likeness (QED) is 0.863. The summed E-state index contributed by atoms with van der Waals surface area (Å²) in [6.45, 7) is 2.25. The number of rotatable bonds is 3. The molecule has 1 saturated carbocycles. The SMILES string of the molecule is CCC1CCCC(O)(c2ccnn2-c2ccccc2)CC1. The van der Waals surface area contributed by atoms with E-state index in [1.54, 1.807) is 6.20 Å². The molecule has 0 radical (unpaired) electrons. The Morgan fingerprint density at radius 2 is 2.00 bits per heavy atom. The molecule has 1 N–H and O–H groups in total. The lowest BCUT2D eigenvalue weighted by Crippen LogP contribution is -2.28. The van der Waals surface area contributed by atoms with Crippen molar-refractivity contribution in [2.24, 2.45) is 5.92 Å². The first kappa shape index (κ1) is 14.3. The summed E-state index contributed by atoms with van der Waals surface area (Å²) in [6, 6.07) is 12.0. The Hall–Kier alpha value is -1.61. The number of para-hydroxylation sites is 1. The zero-order chi connectivity index (χ0) is 14.7. The lowest BCUT2D eigenvalue weighted by Gasteiger charge is -2.27. The van der Waals surface area contributed by atoms with E-state index in [9.17, 15) is 5.11 Å². The summed E-state index contributed by atoms with van der Waals surface area (Å²) in [6.07, 6.45) is 8.11. The molecule has 1 fully saturated rings. The van der Waals surface area contributed by atoms with Gasteiger partial charge in [-0.25, -0.2) is 4.68 Å². The molecule has 1 heterocycles. The molecule has 0 aliphatic heterocycles. The van der Waals surface area contributed by atoms with Gasteiger partial charge in [0.2, 0.25) is 0 Å². The molecule has 1 aliphatic rings. The van der Waals surface area contributed by atoms with E-state index in [2.05, 4.69) is 12.0 Å². The number of aliphatic hydroxyl groups is 1. The number of nitrogens with zero attached hydrogens (tertiary/aromatic N) is 2. The van der Waals surface area contributed by atoms with Crippen molar-refractivity contribution in [3.05, 3.63) is 48.3 Å². The van der Waals surface area contributed by atoms with Gasteiger partial charge in [0.25, 0.3) is 0 Å². The first-order chi connectivity index (χ1) is 10.2. The highest BCUT2D eigenvalue weighted by atomic mass is 16.3. The summed E-state index contributed by atoms with van der Waals surface area (Å²) >= 11 is 0. The summed E-state index contributed by atoms with van der Waals surface area (Å²) in [5.41, 5.74) is 1.21. The average molecular weight is 284 g/mol. The van der Waals surface area contributed by atoms with Crippen LogP contribution in [0.25, 0.3) is 5.69 Å². The van der Waals surface area contributed by atoms with Gasteiger partial charge in [-0.3, -0.25) is 0 Å². The number of hydrogen-bond acceptors (Lipinski definition) is 2. The second kappa shape index (κ2) is 6.02. The van der Waals surface area contributed by atoms with Gasteiger partial charge in [0, 0.05) is 6.20 Å². The van der Waals surface area contributed by atoms with Crippen LogP contribution in [0, 0.1) is 5.92 Å². The predicted octanol–water partition coefficient (Wildman–Crippen LogP) is 4.05. The van der Waals surface area contributed by atoms with E-state index in [1.807, 2.05) is 41.1 Å². The molecule has 1 aromatic heterocycles. The molecular formula is C18H24N2O. The molecule has 0 saturated heterocycles. The molecule has 2 aromatic rings. The second-order valence-corrected chi connectivity index (χ2v) is 6.20. The Bertz CT molecular complexity index is 578. The fourth-order valence-electron chi connectivity index (χ4n) is 3.49. The normalized spacial score (nSPS) is 26.5. The van der Waals surface area contributed by atoms with Gasteiger partial charge in [0.05, 0.1) is 11.4 Å². The van der Waals surface area contributed by atoms with Crippen molar-refractivity contribution in [1.29, 1.82) is 0 Å². The fourth-order valence-corrected chi connectivity index (χ4v) is 3.49. The van der Waals surface area contributed by atoms with E-state index in [4.69, 9.17) is 0 Å². The summed E-state index contributed by atoms with van der Waals surface area (Å²) in [5.74, 6) is 0.757. The van der Waals surface area contributed by atoms with Gasteiger partial charge in [0.15, 0.2) is 0 Å². The maximum atomic E-state index is 11.2. The maximum Gasteiger partial charge on any atom is 0.107 e. The van der Waals surface area contributed by atoms with Crippen LogP contribution in [0.3, 0.4) is 0 Å². The minimum Gasteiger partial charge on any atom is -0.384 e. The molecule has 21 heavy (non-hydrogen) atoms. The molecule has 3 heteroatoms. The molecule has 1 aliphatic carbocycles. The topological polar surface area (TPSA) is 38.1 Å². The van der Waals surface area contributed by atoms with Crippen LogP contribution in [-0.4, -0.2) is 14.9 Å². The van der Waals surface area contributed by atoms with Gasteiger partial charge in [-0.05, 0) is 49.8 Å². The number of hydrogen-bond donors (Lipinski definition) is 1. The first-order valence-electron chi connectivity index (χ1n) is 8.05. The summed E-state index contributed by atoms with van der Waals surface area (Å²) < 4.78 is 1.90. The Labute approximate surface area is 126 Å². The molecule has 0 amide bonds. The molecular weight excluding hydrogens is 260 g/mol. The molecule has 1 aromatic carbocycles. The van der Waals surface area contributed by atoms with Crippen molar-refractivity contribution in [1.82, 2.24) is 9.78 Å². The van der Waals surface area contributed by atoms with Crippen molar-refractivity contribution in [3.63, 3.8) is 0 Å². The Morgan fingerprint density at radius 3 is 2.76 bits per heavy atom. The summed E-state index contributed by atoms with van der Waals surface area (Å²) in [4.78, 5) is 0. The molecule has 3 rings (SSSR count). The van der Waals surface area contributed by atoms with E-state index < -0.39 is 5.60 Å². The lowest BCUT2D eigenvalue weighted by atomic mass is 9.89. The van der Waals surface area contributed by atoms with Crippen LogP contribution in [0.1, 0.15) is 51.1 Å². The fraction of sp³-hybridized carbons (Fsp3) is 0.500. The lowest BCUT2D eigenvalue weighted by molar-refractivity contribution is 0.0130. The molecule has 2 unspecified atom stereocenters. The maximum absolute atomic E-state index is 11.2.